The van der Waals surface area contributed by atoms with Crippen LogP contribution in [0.1, 0.15) is 16.5 Å². The van der Waals surface area contributed by atoms with Crippen LogP contribution < -0.4 is 0 Å². The molecule has 0 amide bonds. The van der Waals surface area contributed by atoms with Crippen molar-refractivity contribution in [1.82, 2.24) is 19.9 Å². The number of aromatic nitrogens is 4. The van der Waals surface area contributed by atoms with E-state index >= 15 is 0 Å². The van der Waals surface area contributed by atoms with Gasteiger partial charge in [-0.2, -0.15) is 10.1 Å². The third-order valence-electron chi connectivity index (χ3n) is 1.51. The molecule has 2 aromatic heterocycles. The Morgan fingerprint density at radius 2 is 2.50 bits per heavy atom. The third-order valence-corrected chi connectivity index (χ3v) is 1.51. The van der Waals surface area contributed by atoms with E-state index < -0.39 is 11.9 Å². The van der Waals surface area contributed by atoms with E-state index in [4.69, 9.17) is 5.11 Å². The van der Waals surface area contributed by atoms with Crippen molar-refractivity contribution < 1.29 is 14.4 Å². The van der Waals surface area contributed by atoms with Gasteiger partial charge in [0, 0.05) is 12.4 Å². The highest BCUT2D eigenvalue weighted by Gasteiger charge is 2.13. The van der Waals surface area contributed by atoms with E-state index in [1.165, 1.54) is 0 Å². The number of nitrogens with zero attached hydrogens (tertiary/aromatic N) is 4. The van der Waals surface area contributed by atoms with Gasteiger partial charge in [0.05, 0.1) is 0 Å². The lowest BCUT2D eigenvalue weighted by Gasteiger charge is -1.92. The molecule has 2 rings (SSSR count). The van der Waals surface area contributed by atoms with Gasteiger partial charge in [-0.3, -0.25) is 4.68 Å². The lowest BCUT2D eigenvalue weighted by molar-refractivity contribution is 0.0643. The number of hydrogen-bond donors (Lipinski definition) is 1. The molecule has 2 aromatic rings. The number of aromatic carboxylic acids is 1. The molecule has 14 heavy (non-hydrogen) atoms. The van der Waals surface area contributed by atoms with Crippen LogP contribution in [0.4, 0.5) is 0 Å². The number of rotatable bonds is 3. The lowest BCUT2D eigenvalue weighted by atomic mass is 10.6. The quantitative estimate of drug-likeness (QED) is 0.739. The summed E-state index contributed by atoms with van der Waals surface area (Å²) in [6, 6.07) is 1.75. The summed E-state index contributed by atoms with van der Waals surface area (Å²) in [5.74, 6) is -1.36. The van der Waals surface area contributed by atoms with Gasteiger partial charge in [0.2, 0.25) is 0 Å². The molecule has 0 spiro atoms. The first-order chi connectivity index (χ1) is 6.75. The topological polar surface area (TPSA) is 94.0 Å². The molecule has 0 saturated carbocycles. The van der Waals surface area contributed by atoms with Crippen molar-refractivity contribution in [3.8, 4) is 0 Å². The molecule has 0 fully saturated rings. The molecule has 0 aliphatic rings. The van der Waals surface area contributed by atoms with Gasteiger partial charge in [-0.1, -0.05) is 5.16 Å². The van der Waals surface area contributed by atoms with Gasteiger partial charge < -0.3 is 9.63 Å². The molecule has 0 unspecified atom stereocenters. The zero-order chi connectivity index (χ0) is 9.97. The molecular formula is C7H6N4O3. The maximum atomic E-state index is 10.4. The maximum absolute atomic E-state index is 10.4. The lowest BCUT2D eigenvalue weighted by Crippen LogP contribution is -2.02. The van der Waals surface area contributed by atoms with E-state index in [9.17, 15) is 4.79 Å². The van der Waals surface area contributed by atoms with Crippen molar-refractivity contribution in [3.05, 3.63) is 30.2 Å². The highest BCUT2D eigenvalue weighted by Crippen LogP contribution is 1.99. The Bertz CT molecular complexity index is 433. The van der Waals surface area contributed by atoms with Gasteiger partial charge in [-0.05, 0) is 6.07 Å². The Morgan fingerprint density at radius 3 is 3.07 bits per heavy atom. The molecule has 7 heteroatoms. The SMILES string of the molecule is O=C(O)c1nc(Cn2cccn2)no1. The van der Waals surface area contributed by atoms with Crippen molar-refractivity contribution in [2.45, 2.75) is 6.54 Å². The summed E-state index contributed by atoms with van der Waals surface area (Å²) >= 11 is 0. The van der Waals surface area contributed by atoms with E-state index in [1.807, 2.05) is 0 Å². The van der Waals surface area contributed by atoms with Crippen LogP contribution in [0.2, 0.25) is 0 Å². The number of carbonyl (C=O) groups is 1. The van der Waals surface area contributed by atoms with Crippen molar-refractivity contribution in [3.63, 3.8) is 0 Å². The van der Waals surface area contributed by atoms with Gasteiger partial charge in [0.1, 0.15) is 6.54 Å². The molecular weight excluding hydrogens is 188 g/mol. The molecule has 0 aromatic carbocycles. The van der Waals surface area contributed by atoms with Crippen LogP contribution in [0.25, 0.3) is 0 Å². The summed E-state index contributed by atoms with van der Waals surface area (Å²) in [5.41, 5.74) is 0. The van der Waals surface area contributed by atoms with Crippen molar-refractivity contribution >= 4 is 5.97 Å². The van der Waals surface area contributed by atoms with Crippen LogP contribution in [-0.4, -0.2) is 31.0 Å². The fourth-order valence-electron chi connectivity index (χ4n) is 0.944. The predicted octanol–water partition coefficient (Wildman–Crippen LogP) is 0.0126. The molecule has 2 heterocycles. The van der Waals surface area contributed by atoms with Crippen LogP contribution in [0, 0.1) is 0 Å². The highest BCUT2D eigenvalue weighted by molar-refractivity contribution is 5.81. The second kappa shape index (κ2) is 3.29. The standard InChI is InChI=1S/C7H6N4O3/c12-7(13)6-9-5(10-14-6)4-11-3-1-2-8-11/h1-3H,4H2,(H,12,13). The van der Waals surface area contributed by atoms with Gasteiger partial charge >= 0.3 is 11.9 Å². The van der Waals surface area contributed by atoms with Crippen molar-refractivity contribution in [1.29, 1.82) is 0 Å². The first kappa shape index (κ1) is 8.42. The second-order valence-electron chi connectivity index (χ2n) is 2.52. The molecule has 7 nitrogen and oxygen atoms in total. The Labute approximate surface area is 78.0 Å². The number of carboxylic acid groups (broad SMARTS) is 1. The number of carboxylic acids is 1. The summed E-state index contributed by atoms with van der Waals surface area (Å²) in [4.78, 5) is 14.0. The summed E-state index contributed by atoms with van der Waals surface area (Å²) < 4.78 is 6.04. The van der Waals surface area contributed by atoms with Crippen LogP contribution in [-0.2, 0) is 6.54 Å². The summed E-state index contributed by atoms with van der Waals surface area (Å²) in [7, 11) is 0. The molecule has 0 bridgehead atoms. The minimum Gasteiger partial charge on any atom is -0.474 e. The van der Waals surface area contributed by atoms with Crippen molar-refractivity contribution in [2.75, 3.05) is 0 Å². The molecule has 0 atom stereocenters. The molecule has 0 radical (unpaired) electrons. The van der Waals surface area contributed by atoms with Gasteiger partial charge in [0.25, 0.3) is 0 Å². The number of hydrogen-bond acceptors (Lipinski definition) is 5. The van der Waals surface area contributed by atoms with Crippen LogP contribution in [0.15, 0.2) is 23.0 Å². The van der Waals surface area contributed by atoms with E-state index in [2.05, 4.69) is 19.8 Å². The van der Waals surface area contributed by atoms with Gasteiger partial charge in [-0.15, -0.1) is 0 Å². The fraction of sp³-hybridized carbons (Fsp3) is 0.143. The molecule has 0 saturated heterocycles. The Kier molecular flexibility index (Phi) is 1.98. The van der Waals surface area contributed by atoms with E-state index in [0.29, 0.717) is 6.54 Å². The average Bonchev–Trinajstić information content (AvgIpc) is 2.75. The largest absolute Gasteiger partial charge is 0.474 e. The van der Waals surface area contributed by atoms with Gasteiger partial charge in [0.15, 0.2) is 5.82 Å². The summed E-state index contributed by atoms with van der Waals surface area (Å²) in [6.45, 7) is 0.295. The zero-order valence-corrected chi connectivity index (χ0v) is 6.99. The van der Waals surface area contributed by atoms with Gasteiger partial charge in [-0.25, -0.2) is 4.79 Å². The molecule has 1 N–H and O–H groups in total. The van der Waals surface area contributed by atoms with Crippen LogP contribution in [0.3, 0.4) is 0 Å². The highest BCUT2D eigenvalue weighted by atomic mass is 16.5. The van der Waals surface area contributed by atoms with E-state index in [-0.39, 0.29) is 5.82 Å². The smallest absolute Gasteiger partial charge is 0.394 e. The monoisotopic (exact) mass is 194 g/mol. The van der Waals surface area contributed by atoms with Crippen LogP contribution >= 0.6 is 0 Å². The van der Waals surface area contributed by atoms with E-state index in [1.54, 1.807) is 23.1 Å². The minimum atomic E-state index is -1.23. The molecule has 72 valence electrons. The first-order valence-electron chi connectivity index (χ1n) is 3.79. The maximum Gasteiger partial charge on any atom is 0.394 e. The average molecular weight is 194 g/mol. The Balaban J connectivity index is 2.14. The summed E-state index contributed by atoms with van der Waals surface area (Å²) in [6.07, 6.45) is 3.33. The molecule has 0 aliphatic carbocycles. The first-order valence-corrected chi connectivity index (χ1v) is 3.79. The zero-order valence-electron chi connectivity index (χ0n) is 6.99. The van der Waals surface area contributed by atoms with Crippen LogP contribution in [0.5, 0.6) is 0 Å². The summed E-state index contributed by atoms with van der Waals surface area (Å²) in [5, 5.41) is 15.9. The third kappa shape index (κ3) is 1.60. The second-order valence-corrected chi connectivity index (χ2v) is 2.52. The van der Waals surface area contributed by atoms with E-state index in [0.717, 1.165) is 0 Å². The predicted molar refractivity (Wildman–Crippen MR) is 42.6 cm³/mol. The Morgan fingerprint density at radius 1 is 1.64 bits per heavy atom. The Hall–Kier alpha value is -2.18. The normalized spacial score (nSPS) is 10.3. The molecule has 0 aliphatic heterocycles. The van der Waals surface area contributed by atoms with Crippen molar-refractivity contribution in [2.24, 2.45) is 0 Å². The minimum absolute atomic E-state index is 0.283. The fourth-order valence-corrected chi connectivity index (χ4v) is 0.944.